The molecule has 4 atom stereocenters. The molecule has 1 heterocycles. The highest BCUT2D eigenvalue weighted by molar-refractivity contribution is 5.26. The minimum absolute atomic E-state index is 0.134. The second-order valence-corrected chi connectivity index (χ2v) is 7.94. The third-order valence-electron chi connectivity index (χ3n) is 6.16. The molecule has 0 aromatic rings. The Kier molecular flexibility index (Phi) is 6.49. The molecule has 0 amide bonds. The van der Waals surface area contributed by atoms with Crippen LogP contribution in [0.1, 0.15) is 51.9 Å². The van der Waals surface area contributed by atoms with Gasteiger partial charge in [0.1, 0.15) is 11.6 Å². The Morgan fingerprint density at radius 3 is 2.37 bits per heavy atom. The molecule has 0 bridgehead atoms. The van der Waals surface area contributed by atoms with Gasteiger partial charge in [-0.05, 0) is 56.4 Å². The molecule has 0 N–H and O–H groups in total. The lowest BCUT2D eigenvalue weighted by Gasteiger charge is -2.39. The molecule has 2 fully saturated rings. The molecule has 0 aromatic carbocycles. The first-order chi connectivity index (χ1) is 12.8. The zero-order chi connectivity index (χ0) is 19.6. The van der Waals surface area contributed by atoms with Crippen molar-refractivity contribution in [3.63, 3.8) is 0 Å². The molecule has 1 aliphatic heterocycles. The van der Waals surface area contributed by atoms with Crippen molar-refractivity contribution < 1.29 is 31.4 Å². The topological polar surface area (TPSA) is 18.5 Å². The highest BCUT2D eigenvalue weighted by atomic mass is 19.3. The zero-order valence-electron chi connectivity index (χ0n) is 15.5. The molecular formula is C20H27F5O2. The Balaban J connectivity index is 1.52. The van der Waals surface area contributed by atoms with E-state index in [1.807, 2.05) is 0 Å². The summed E-state index contributed by atoms with van der Waals surface area (Å²) in [4.78, 5) is 0. The third-order valence-corrected chi connectivity index (χ3v) is 6.16. The van der Waals surface area contributed by atoms with E-state index in [4.69, 9.17) is 4.74 Å². The van der Waals surface area contributed by atoms with Gasteiger partial charge in [0, 0.05) is 12.7 Å². The molecule has 0 aromatic heterocycles. The van der Waals surface area contributed by atoms with Gasteiger partial charge >= 0.3 is 6.11 Å². The lowest BCUT2D eigenvalue weighted by Crippen LogP contribution is -2.39. The molecule has 2 nitrogen and oxygen atoms in total. The number of alkyl halides is 4. The molecule has 0 radical (unpaired) electrons. The molecule has 154 valence electrons. The largest absolute Gasteiger partial charge is 0.433 e. The maximum atomic E-state index is 14.4. The average molecular weight is 394 g/mol. The van der Waals surface area contributed by atoms with Crippen LogP contribution >= 0.6 is 0 Å². The summed E-state index contributed by atoms with van der Waals surface area (Å²) in [6, 6.07) is 0. The predicted molar refractivity (Wildman–Crippen MR) is 91.3 cm³/mol. The summed E-state index contributed by atoms with van der Waals surface area (Å²) in [5, 5.41) is 0. The van der Waals surface area contributed by atoms with Crippen LogP contribution in [0.5, 0.6) is 0 Å². The monoisotopic (exact) mass is 394 g/mol. The van der Waals surface area contributed by atoms with Gasteiger partial charge in [-0.2, -0.15) is 8.78 Å². The number of allylic oxidation sites excluding steroid dienone is 3. The molecule has 1 saturated carbocycles. The summed E-state index contributed by atoms with van der Waals surface area (Å²) in [6.45, 7) is 2.88. The number of ether oxygens (including phenoxy) is 2. The second-order valence-electron chi connectivity index (χ2n) is 7.94. The van der Waals surface area contributed by atoms with Gasteiger partial charge < -0.3 is 9.47 Å². The standard InChI is InChI=1S/C20H27F5O2/c1-2-12-3-8-18(26-11-12)13-4-6-14(7-5-13)20(24,25)27-15-9-16(21)19(23)17(22)10-15/h9-10,12-14,16,18-19H,2-8,11H2,1H3. The van der Waals surface area contributed by atoms with Crippen LogP contribution < -0.4 is 0 Å². The highest BCUT2D eigenvalue weighted by Crippen LogP contribution is 2.44. The minimum atomic E-state index is -3.54. The van der Waals surface area contributed by atoms with E-state index >= 15 is 0 Å². The Hall–Kier alpha value is -1.11. The summed E-state index contributed by atoms with van der Waals surface area (Å²) >= 11 is 0. The lowest BCUT2D eigenvalue weighted by molar-refractivity contribution is -0.255. The van der Waals surface area contributed by atoms with Crippen molar-refractivity contribution in [1.29, 1.82) is 0 Å². The fourth-order valence-electron chi connectivity index (χ4n) is 4.31. The summed E-state index contributed by atoms with van der Waals surface area (Å²) < 4.78 is 79.1. The Labute approximate surface area is 156 Å². The van der Waals surface area contributed by atoms with E-state index in [-0.39, 0.29) is 24.9 Å². The maximum Gasteiger partial charge on any atom is 0.400 e. The number of hydrogen-bond acceptors (Lipinski definition) is 2. The summed E-state index contributed by atoms with van der Waals surface area (Å²) in [5.74, 6) is -2.25. The fourth-order valence-corrected chi connectivity index (χ4v) is 4.31. The minimum Gasteiger partial charge on any atom is -0.433 e. The van der Waals surface area contributed by atoms with E-state index in [2.05, 4.69) is 11.7 Å². The average Bonchev–Trinajstić information content (AvgIpc) is 2.66. The summed E-state index contributed by atoms with van der Waals surface area (Å²) in [5.41, 5.74) is 0. The third kappa shape index (κ3) is 4.84. The van der Waals surface area contributed by atoms with Gasteiger partial charge in [-0.3, -0.25) is 0 Å². The van der Waals surface area contributed by atoms with Crippen LogP contribution in [-0.2, 0) is 9.47 Å². The Bertz CT molecular complexity index is 561. The van der Waals surface area contributed by atoms with E-state index < -0.39 is 36.0 Å². The van der Waals surface area contributed by atoms with Crippen LogP contribution in [0, 0.1) is 17.8 Å². The Morgan fingerprint density at radius 2 is 1.81 bits per heavy atom. The van der Waals surface area contributed by atoms with E-state index in [0.717, 1.165) is 25.9 Å². The first-order valence-corrected chi connectivity index (χ1v) is 9.85. The summed E-state index contributed by atoms with van der Waals surface area (Å²) in [7, 11) is 0. The Morgan fingerprint density at radius 1 is 1.11 bits per heavy atom. The van der Waals surface area contributed by atoms with Crippen molar-refractivity contribution in [2.24, 2.45) is 17.8 Å². The van der Waals surface area contributed by atoms with Crippen LogP contribution in [0.25, 0.3) is 0 Å². The van der Waals surface area contributed by atoms with Crippen LogP contribution in [-0.4, -0.2) is 31.2 Å². The highest BCUT2D eigenvalue weighted by Gasteiger charge is 2.46. The van der Waals surface area contributed by atoms with Crippen molar-refractivity contribution in [2.45, 2.75) is 76.4 Å². The first-order valence-electron chi connectivity index (χ1n) is 9.85. The molecule has 2 aliphatic carbocycles. The van der Waals surface area contributed by atoms with Crippen LogP contribution in [0.3, 0.4) is 0 Å². The smallest absolute Gasteiger partial charge is 0.400 e. The zero-order valence-corrected chi connectivity index (χ0v) is 15.5. The van der Waals surface area contributed by atoms with Gasteiger partial charge in [0.05, 0.1) is 12.0 Å². The van der Waals surface area contributed by atoms with Crippen molar-refractivity contribution in [3.05, 3.63) is 23.7 Å². The van der Waals surface area contributed by atoms with Gasteiger partial charge in [-0.15, -0.1) is 0 Å². The number of rotatable bonds is 5. The van der Waals surface area contributed by atoms with Gasteiger partial charge in [0.15, 0.2) is 12.3 Å². The van der Waals surface area contributed by atoms with Crippen LogP contribution in [0.4, 0.5) is 22.0 Å². The van der Waals surface area contributed by atoms with Crippen molar-refractivity contribution >= 4 is 0 Å². The second kappa shape index (κ2) is 8.50. The SMILES string of the molecule is CCC1CCC(C2CCC(C(F)(F)OC3=CC(F)C(F)C(F)=C3)CC2)OC1. The quantitative estimate of drug-likeness (QED) is 0.530. The molecule has 3 aliphatic rings. The van der Waals surface area contributed by atoms with Crippen molar-refractivity contribution in [2.75, 3.05) is 6.61 Å². The van der Waals surface area contributed by atoms with Crippen molar-refractivity contribution in [1.82, 2.24) is 0 Å². The summed E-state index contributed by atoms with van der Waals surface area (Å²) in [6.07, 6.45) is -2.17. The molecule has 3 rings (SSSR count). The normalized spacial score (nSPS) is 38.1. The number of halogens is 5. The molecule has 1 saturated heterocycles. The molecule has 27 heavy (non-hydrogen) atoms. The molecule has 4 unspecified atom stereocenters. The van der Waals surface area contributed by atoms with Gasteiger partial charge in [0.2, 0.25) is 0 Å². The predicted octanol–water partition coefficient (Wildman–Crippen LogP) is 6.03. The van der Waals surface area contributed by atoms with Gasteiger partial charge in [0.25, 0.3) is 0 Å². The van der Waals surface area contributed by atoms with E-state index in [0.29, 0.717) is 30.9 Å². The molecule has 7 heteroatoms. The van der Waals surface area contributed by atoms with E-state index in [1.54, 1.807) is 0 Å². The molecule has 0 spiro atoms. The van der Waals surface area contributed by atoms with Crippen LogP contribution in [0.15, 0.2) is 23.7 Å². The number of hydrogen-bond donors (Lipinski definition) is 0. The molecular weight excluding hydrogens is 367 g/mol. The lowest BCUT2D eigenvalue weighted by atomic mass is 9.76. The van der Waals surface area contributed by atoms with Crippen LogP contribution in [0.2, 0.25) is 0 Å². The van der Waals surface area contributed by atoms with E-state index in [9.17, 15) is 22.0 Å². The first kappa shape index (κ1) is 20.6. The van der Waals surface area contributed by atoms with E-state index in [1.165, 1.54) is 0 Å². The fraction of sp³-hybridized carbons (Fsp3) is 0.800. The van der Waals surface area contributed by atoms with Gasteiger partial charge in [-0.1, -0.05) is 13.3 Å². The van der Waals surface area contributed by atoms with Crippen molar-refractivity contribution in [3.8, 4) is 0 Å². The van der Waals surface area contributed by atoms with Gasteiger partial charge in [-0.25, -0.2) is 13.2 Å². The maximum absolute atomic E-state index is 14.4.